The van der Waals surface area contributed by atoms with Gasteiger partial charge in [0.25, 0.3) is 0 Å². The largest absolute Gasteiger partial charge is 0.496 e. The zero-order chi connectivity index (χ0) is 18.4. The van der Waals surface area contributed by atoms with Crippen molar-refractivity contribution in [1.82, 2.24) is 25.2 Å². The molecule has 0 aliphatic rings. The highest BCUT2D eigenvalue weighted by atomic mass is 16.5. The maximum Gasteiger partial charge on any atom is 0.191 e. The Morgan fingerprint density at radius 3 is 2.88 bits per heavy atom. The van der Waals surface area contributed by atoms with Gasteiger partial charge in [0.2, 0.25) is 0 Å². The molecular formula is C19H24N6O. The number of hydrogen-bond donors (Lipinski definition) is 2. The monoisotopic (exact) mass is 352 g/mol. The van der Waals surface area contributed by atoms with Crippen molar-refractivity contribution < 1.29 is 4.74 Å². The van der Waals surface area contributed by atoms with Crippen LogP contribution >= 0.6 is 0 Å². The lowest BCUT2D eigenvalue weighted by molar-refractivity contribution is 0.411. The van der Waals surface area contributed by atoms with E-state index < -0.39 is 0 Å². The van der Waals surface area contributed by atoms with E-state index in [1.807, 2.05) is 54.8 Å². The molecule has 0 fully saturated rings. The van der Waals surface area contributed by atoms with Crippen LogP contribution in [-0.2, 0) is 13.1 Å². The number of guanidine groups is 1. The number of aromatic nitrogens is 3. The van der Waals surface area contributed by atoms with E-state index in [9.17, 15) is 0 Å². The second-order valence-electron chi connectivity index (χ2n) is 5.90. The number of nitrogens with one attached hydrogen (secondary N) is 2. The van der Waals surface area contributed by atoms with Gasteiger partial charge in [-0.15, -0.1) is 10.2 Å². The molecule has 2 N–H and O–H groups in total. The summed E-state index contributed by atoms with van der Waals surface area (Å²) >= 11 is 0. The van der Waals surface area contributed by atoms with Crippen LogP contribution in [0.3, 0.4) is 0 Å². The van der Waals surface area contributed by atoms with Crippen molar-refractivity contribution in [1.29, 1.82) is 0 Å². The van der Waals surface area contributed by atoms with Gasteiger partial charge in [0.15, 0.2) is 17.4 Å². The molecule has 0 saturated heterocycles. The number of ether oxygens (including phenoxy) is 1. The Kier molecular flexibility index (Phi) is 5.68. The number of aryl methyl sites for hydroxylation is 1. The molecule has 136 valence electrons. The molecule has 1 aromatic carbocycles. The van der Waals surface area contributed by atoms with Crippen LogP contribution in [-0.4, -0.2) is 34.2 Å². The molecule has 3 rings (SSSR count). The number of methoxy groups -OCH3 is 1. The fourth-order valence-electron chi connectivity index (χ4n) is 2.65. The summed E-state index contributed by atoms with van der Waals surface area (Å²) in [5, 5.41) is 15.0. The van der Waals surface area contributed by atoms with Crippen molar-refractivity contribution >= 4 is 11.6 Å². The van der Waals surface area contributed by atoms with Crippen LogP contribution in [0.4, 0.5) is 0 Å². The fraction of sp³-hybridized carbons (Fsp3) is 0.316. The molecule has 2 heterocycles. The molecule has 0 spiro atoms. The maximum absolute atomic E-state index is 5.38. The Balaban J connectivity index is 1.69. The number of pyridine rings is 1. The number of rotatable bonds is 6. The maximum atomic E-state index is 5.38. The molecule has 0 radical (unpaired) electrons. The first-order valence-corrected chi connectivity index (χ1v) is 8.65. The van der Waals surface area contributed by atoms with Crippen molar-refractivity contribution in [2.24, 2.45) is 4.99 Å². The first-order chi connectivity index (χ1) is 12.7. The third kappa shape index (κ3) is 4.11. The third-order valence-electron chi connectivity index (χ3n) is 4.03. The molecule has 0 amide bonds. The minimum absolute atomic E-state index is 0.536. The molecule has 0 atom stereocenters. The van der Waals surface area contributed by atoms with E-state index in [-0.39, 0.29) is 0 Å². The van der Waals surface area contributed by atoms with Gasteiger partial charge < -0.3 is 15.4 Å². The minimum atomic E-state index is 0.536. The van der Waals surface area contributed by atoms with E-state index in [0.29, 0.717) is 13.1 Å². The molecule has 0 saturated carbocycles. The molecule has 26 heavy (non-hydrogen) atoms. The highest BCUT2D eigenvalue weighted by molar-refractivity contribution is 5.79. The second kappa shape index (κ2) is 8.33. The van der Waals surface area contributed by atoms with Crippen LogP contribution in [0.5, 0.6) is 5.75 Å². The molecule has 7 nitrogen and oxygen atoms in total. The summed E-state index contributed by atoms with van der Waals surface area (Å²) in [5.41, 5.74) is 3.04. The highest BCUT2D eigenvalue weighted by Gasteiger charge is 2.06. The van der Waals surface area contributed by atoms with E-state index in [2.05, 4.69) is 31.9 Å². The number of hydrogen-bond acceptors (Lipinski definition) is 4. The normalized spacial score (nSPS) is 11.6. The van der Waals surface area contributed by atoms with Gasteiger partial charge in [-0.05, 0) is 43.2 Å². The molecule has 0 unspecified atom stereocenters. The Labute approximate surface area is 153 Å². The van der Waals surface area contributed by atoms with Crippen molar-refractivity contribution in [3.63, 3.8) is 0 Å². The Morgan fingerprint density at radius 2 is 2.08 bits per heavy atom. The van der Waals surface area contributed by atoms with Gasteiger partial charge in [0.1, 0.15) is 5.75 Å². The van der Waals surface area contributed by atoms with Crippen molar-refractivity contribution in [3.8, 4) is 5.75 Å². The molecule has 0 aliphatic carbocycles. The lowest BCUT2D eigenvalue weighted by atomic mass is 10.1. The van der Waals surface area contributed by atoms with Crippen LogP contribution in [0.15, 0.2) is 47.6 Å². The van der Waals surface area contributed by atoms with Crippen molar-refractivity contribution in [2.75, 3.05) is 13.7 Å². The van der Waals surface area contributed by atoms with E-state index >= 15 is 0 Å². The van der Waals surface area contributed by atoms with Crippen LogP contribution in [0.2, 0.25) is 0 Å². The zero-order valence-electron chi connectivity index (χ0n) is 15.4. The molecule has 3 aromatic rings. The topological polar surface area (TPSA) is 75.8 Å². The van der Waals surface area contributed by atoms with E-state index in [4.69, 9.17) is 4.74 Å². The third-order valence-corrected chi connectivity index (χ3v) is 4.03. The standard InChI is InChI=1S/C19H24N6O/c1-4-20-19(21-12-15-9-8-14(2)16(11-15)26-3)22-13-18-24-23-17-7-5-6-10-25(17)18/h5-11H,4,12-13H2,1-3H3,(H2,20,21,22). The molecular weight excluding hydrogens is 328 g/mol. The van der Waals surface area contributed by atoms with Gasteiger partial charge in [-0.3, -0.25) is 4.40 Å². The van der Waals surface area contributed by atoms with Crippen molar-refractivity contribution in [3.05, 3.63) is 59.5 Å². The Hall–Kier alpha value is -3.09. The van der Waals surface area contributed by atoms with E-state index in [1.165, 1.54) is 0 Å². The second-order valence-corrected chi connectivity index (χ2v) is 5.90. The lowest BCUT2D eigenvalue weighted by Gasteiger charge is -2.11. The first-order valence-electron chi connectivity index (χ1n) is 8.65. The Bertz CT molecular complexity index is 902. The van der Waals surface area contributed by atoms with Crippen molar-refractivity contribution in [2.45, 2.75) is 26.9 Å². The number of nitrogens with zero attached hydrogens (tertiary/aromatic N) is 4. The quantitative estimate of drug-likeness (QED) is 0.526. The summed E-state index contributed by atoms with van der Waals surface area (Å²) in [4.78, 5) is 4.65. The van der Waals surface area contributed by atoms with E-state index in [1.54, 1.807) is 7.11 Å². The van der Waals surface area contributed by atoms with Gasteiger partial charge >= 0.3 is 0 Å². The van der Waals surface area contributed by atoms with Gasteiger partial charge in [-0.2, -0.15) is 0 Å². The summed E-state index contributed by atoms with van der Waals surface area (Å²) in [7, 11) is 1.68. The number of fused-ring (bicyclic) bond motifs is 1. The van der Waals surface area contributed by atoms with Gasteiger partial charge in [-0.1, -0.05) is 18.2 Å². The van der Waals surface area contributed by atoms with Crippen LogP contribution in [0.25, 0.3) is 5.65 Å². The molecule has 7 heteroatoms. The van der Waals surface area contributed by atoms with Gasteiger partial charge in [-0.25, -0.2) is 4.99 Å². The van der Waals surface area contributed by atoms with Gasteiger partial charge in [0, 0.05) is 12.7 Å². The predicted molar refractivity (Wildman–Crippen MR) is 102 cm³/mol. The average molecular weight is 352 g/mol. The predicted octanol–water partition coefficient (Wildman–Crippen LogP) is 2.30. The highest BCUT2D eigenvalue weighted by Crippen LogP contribution is 2.19. The van der Waals surface area contributed by atoms with Crippen LogP contribution in [0, 0.1) is 6.92 Å². The molecule has 0 aliphatic heterocycles. The van der Waals surface area contributed by atoms with Crippen LogP contribution in [0.1, 0.15) is 23.9 Å². The Morgan fingerprint density at radius 1 is 1.19 bits per heavy atom. The molecule has 0 bridgehead atoms. The smallest absolute Gasteiger partial charge is 0.191 e. The zero-order valence-corrected chi connectivity index (χ0v) is 15.4. The average Bonchev–Trinajstić information content (AvgIpc) is 3.08. The lowest BCUT2D eigenvalue weighted by Crippen LogP contribution is -2.37. The number of aliphatic imine (C=N–C) groups is 1. The summed E-state index contributed by atoms with van der Waals surface area (Å²) < 4.78 is 7.34. The summed E-state index contributed by atoms with van der Waals surface area (Å²) in [5.74, 6) is 2.45. The first kappa shape index (κ1) is 17.7. The van der Waals surface area contributed by atoms with Gasteiger partial charge in [0.05, 0.1) is 20.2 Å². The SMILES string of the molecule is CCNC(=NCc1ccc(C)c(OC)c1)NCc1nnc2ccccn12. The fourth-order valence-corrected chi connectivity index (χ4v) is 2.65. The van der Waals surface area contributed by atoms with Crippen LogP contribution < -0.4 is 15.4 Å². The summed E-state index contributed by atoms with van der Waals surface area (Å²) in [6, 6.07) is 12.0. The molecule has 2 aromatic heterocycles. The van der Waals surface area contributed by atoms with E-state index in [0.717, 1.165) is 40.9 Å². The minimum Gasteiger partial charge on any atom is -0.496 e. The summed E-state index contributed by atoms with van der Waals surface area (Å²) in [6.45, 7) is 5.95. The number of benzene rings is 1. The summed E-state index contributed by atoms with van der Waals surface area (Å²) in [6.07, 6.45) is 1.95.